The fourth-order valence-electron chi connectivity index (χ4n) is 2.57. The Hall–Kier alpha value is -0.240. The van der Waals surface area contributed by atoms with Gasteiger partial charge >= 0.3 is 0 Å². The summed E-state index contributed by atoms with van der Waals surface area (Å²) in [6.45, 7) is 2.13. The maximum Gasteiger partial charge on any atom is 0.0451 e. The Morgan fingerprint density at radius 1 is 1.24 bits per heavy atom. The monoisotopic (exact) mass is 271 g/mol. The Bertz CT molecular complexity index is 352. The Morgan fingerprint density at radius 2 is 2.06 bits per heavy atom. The van der Waals surface area contributed by atoms with Gasteiger partial charge in [0.05, 0.1) is 0 Å². The van der Waals surface area contributed by atoms with Gasteiger partial charge in [0, 0.05) is 23.5 Å². The van der Waals surface area contributed by atoms with Crippen LogP contribution in [0.2, 0.25) is 5.02 Å². The van der Waals surface area contributed by atoms with Gasteiger partial charge in [0.2, 0.25) is 0 Å². The summed E-state index contributed by atoms with van der Waals surface area (Å²) in [4.78, 5) is 2.53. The maximum absolute atomic E-state index is 6.22. The minimum Gasteiger partial charge on any atom is -0.296 e. The second-order valence-corrected chi connectivity index (χ2v) is 5.47. The number of benzene rings is 1. The zero-order valence-corrected chi connectivity index (χ0v) is 11.6. The average molecular weight is 272 g/mol. The molecule has 1 aliphatic heterocycles. The van der Waals surface area contributed by atoms with E-state index in [-0.39, 0.29) is 0 Å². The summed E-state index contributed by atoms with van der Waals surface area (Å²) in [5.74, 6) is 0.754. The van der Waals surface area contributed by atoms with E-state index in [0.717, 1.165) is 23.9 Å². The van der Waals surface area contributed by atoms with E-state index in [1.54, 1.807) is 0 Å². The molecule has 0 radical (unpaired) electrons. The van der Waals surface area contributed by atoms with E-state index in [2.05, 4.69) is 17.0 Å². The molecular formula is C14H19Cl2N. The summed E-state index contributed by atoms with van der Waals surface area (Å²) >= 11 is 12.1. The third kappa shape index (κ3) is 3.61. The van der Waals surface area contributed by atoms with Crippen molar-refractivity contribution < 1.29 is 0 Å². The summed E-state index contributed by atoms with van der Waals surface area (Å²) < 4.78 is 0. The van der Waals surface area contributed by atoms with Crippen LogP contribution in [0.3, 0.4) is 0 Å². The molecule has 0 N–H and O–H groups in total. The second kappa shape index (κ2) is 6.63. The highest BCUT2D eigenvalue weighted by Crippen LogP contribution is 2.24. The topological polar surface area (TPSA) is 3.24 Å². The highest BCUT2D eigenvalue weighted by Gasteiger charge is 2.22. The minimum atomic E-state index is 0.637. The highest BCUT2D eigenvalue weighted by molar-refractivity contribution is 6.31. The lowest BCUT2D eigenvalue weighted by Gasteiger charge is -2.35. The van der Waals surface area contributed by atoms with Gasteiger partial charge in [-0.15, -0.1) is 11.6 Å². The number of halogens is 2. The molecule has 0 spiro atoms. The molecule has 17 heavy (non-hydrogen) atoms. The van der Waals surface area contributed by atoms with E-state index in [4.69, 9.17) is 23.2 Å². The number of likely N-dealkylation sites (tertiary alicyclic amines) is 1. The molecule has 0 saturated carbocycles. The van der Waals surface area contributed by atoms with Gasteiger partial charge in [-0.25, -0.2) is 0 Å². The van der Waals surface area contributed by atoms with Gasteiger partial charge in [-0.2, -0.15) is 0 Å². The first-order valence-corrected chi connectivity index (χ1v) is 7.26. The highest BCUT2D eigenvalue weighted by atomic mass is 35.5. The van der Waals surface area contributed by atoms with E-state index in [0.29, 0.717) is 6.04 Å². The van der Waals surface area contributed by atoms with Gasteiger partial charge in [0.1, 0.15) is 0 Å². The quantitative estimate of drug-likeness (QED) is 0.738. The zero-order chi connectivity index (χ0) is 12.1. The van der Waals surface area contributed by atoms with Crippen LogP contribution in [0.1, 0.15) is 31.2 Å². The largest absolute Gasteiger partial charge is 0.296 e. The molecule has 94 valence electrons. The van der Waals surface area contributed by atoms with Gasteiger partial charge < -0.3 is 0 Å². The lowest BCUT2D eigenvalue weighted by Crippen LogP contribution is -2.39. The molecule has 2 rings (SSSR count). The number of hydrogen-bond donors (Lipinski definition) is 0. The van der Waals surface area contributed by atoms with Crippen LogP contribution >= 0.6 is 23.2 Å². The van der Waals surface area contributed by atoms with E-state index in [9.17, 15) is 0 Å². The Balaban J connectivity index is 2.03. The third-order valence-electron chi connectivity index (χ3n) is 3.52. The summed E-state index contributed by atoms with van der Waals surface area (Å²) in [6.07, 6.45) is 4.99. The first kappa shape index (κ1) is 13.2. The lowest BCUT2D eigenvalue weighted by atomic mass is 9.99. The van der Waals surface area contributed by atoms with Crippen molar-refractivity contribution in [3.05, 3.63) is 34.9 Å². The van der Waals surface area contributed by atoms with Gasteiger partial charge in [-0.1, -0.05) is 36.2 Å². The molecule has 1 nitrogen and oxygen atoms in total. The van der Waals surface area contributed by atoms with E-state index in [1.807, 2.05) is 12.1 Å². The Morgan fingerprint density at radius 3 is 2.82 bits per heavy atom. The summed E-state index contributed by atoms with van der Waals surface area (Å²) in [6, 6.07) is 8.77. The Labute approximate surface area is 114 Å². The molecule has 1 fully saturated rings. The predicted molar refractivity (Wildman–Crippen MR) is 74.8 cm³/mol. The van der Waals surface area contributed by atoms with E-state index >= 15 is 0 Å². The van der Waals surface area contributed by atoms with Gasteiger partial charge in [0.25, 0.3) is 0 Å². The Kier molecular flexibility index (Phi) is 5.15. The molecule has 1 saturated heterocycles. The van der Waals surface area contributed by atoms with E-state index < -0.39 is 0 Å². The molecule has 1 unspecified atom stereocenters. The van der Waals surface area contributed by atoms with Crippen molar-refractivity contribution in [1.29, 1.82) is 0 Å². The van der Waals surface area contributed by atoms with Crippen LogP contribution in [0, 0.1) is 0 Å². The molecule has 1 atom stereocenters. The van der Waals surface area contributed by atoms with Crippen molar-refractivity contribution in [2.45, 2.75) is 38.3 Å². The van der Waals surface area contributed by atoms with Crippen molar-refractivity contribution in [2.75, 3.05) is 12.4 Å². The minimum absolute atomic E-state index is 0.637. The van der Waals surface area contributed by atoms with Crippen molar-refractivity contribution in [2.24, 2.45) is 0 Å². The van der Waals surface area contributed by atoms with Gasteiger partial charge in [-0.3, -0.25) is 4.90 Å². The molecule has 1 aliphatic rings. The molecular weight excluding hydrogens is 253 g/mol. The lowest BCUT2D eigenvalue weighted by molar-refractivity contribution is 0.137. The fraction of sp³-hybridized carbons (Fsp3) is 0.571. The number of nitrogens with zero attached hydrogens (tertiary/aromatic N) is 1. The van der Waals surface area contributed by atoms with Crippen LogP contribution in [0.15, 0.2) is 24.3 Å². The van der Waals surface area contributed by atoms with Gasteiger partial charge in [0.15, 0.2) is 0 Å². The van der Waals surface area contributed by atoms with Crippen molar-refractivity contribution in [1.82, 2.24) is 4.90 Å². The van der Waals surface area contributed by atoms with Crippen LogP contribution in [0.25, 0.3) is 0 Å². The second-order valence-electron chi connectivity index (χ2n) is 4.69. The zero-order valence-electron chi connectivity index (χ0n) is 10.0. The smallest absolute Gasteiger partial charge is 0.0451 e. The van der Waals surface area contributed by atoms with E-state index in [1.165, 1.54) is 31.4 Å². The van der Waals surface area contributed by atoms with Crippen LogP contribution in [-0.2, 0) is 6.54 Å². The first-order chi connectivity index (χ1) is 8.31. The van der Waals surface area contributed by atoms with Crippen molar-refractivity contribution in [3.63, 3.8) is 0 Å². The normalized spacial score (nSPS) is 21.6. The number of hydrogen-bond acceptors (Lipinski definition) is 1. The molecule has 0 bridgehead atoms. The van der Waals surface area contributed by atoms with Crippen LogP contribution in [-0.4, -0.2) is 23.4 Å². The van der Waals surface area contributed by atoms with Crippen molar-refractivity contribution >= 4 is 23.2 Å². The average Bonchev–Trinajstić information content (AvgIpc) is 2.35. The molecule has 0 amide bonds. The first-order valence-electron chi connectivity index (χ1n) is 6.34. The third-order valence-corrected chi connectivity index (χ3v) is 4.11. The molecule has 3 heteroatoms. The number of alkyl halides is 1. The molecule has 1 heterocycles. The number of piperidine rings is 1. The van der Waals surface area contributed by atoms with Crippen LogP contribution in [0.5, 0.6) is 0 Å². The molecule has 1 aromatic carbocycles. The summed E-state index contributed by atoms with van der Waals surface area (Å²) in [5, 5.41) is 0.877. The summed E-state index contributed by atoms with van der Waals surface area (Å²) in [7, 11) is 0. The molecule has 1 aromatic rings. The predicted octanol–water partition coefficient (Wildman–Crippen LogP) is 4.32. The molecule has 0 aliphatic carbocycles. The fourth-order valence-corrected chi connectivity index (χ4v) is 3.01. The van der Waals surface area contributed by atoms with Crippen molar-refractivity contribution in [3.8, 4) is 0 Å². The van der Waals surface area contributed by atoms with Crippen LogP contribution in [0.4, 0.5) is 0 Å². The SMILES string of the molecule is ClCCC1CCCCN1Cc1ccccc1Cl. The number of rotatable bonds is 4. The van der Waals surface area contributed by atoms with Gasteiger partial charge in [-0.05, 0) is 37.4 Å². The summed E-state index contributed by atoms with van der Waals surface area (Å²) in [5.41, 5.74) is 1.23. The van der Waals surface area contributed by atoms with Crippen LogP contribution < -0.4 is 0 Å². The standard InChI is InChI=1S/C14H19Cl2N/c15-9-8-13-6-3-4-10-17(13)11-12-5-1-2-7-14(12)16/h1-2,5,7,13H,3-4,6,8-11H2. The molecule has 0 aromatic heterocycles. The maximum atomic E-state index is 6.22.